The van der Waals surface area contributed by atoms with Crippen LogP contribution in [0.3, 0.4) is 0 Å². The molecule has 0 saturated heterocycles. The van der Waals surface area contributed by atoms with Crippen LogP contribution in [0.4, 0.5) is 0 Å². The molecule has 0 fully saturated rings. The molecule has 2 aromatic carbocycles. The van der Waals surface area contributed by atoms with Crippen molar-refractivity contribution in [3.8, 4) is 0 Å². The number of carbonyl (C=O) groups excluding carboxylic acids is 3. The number of hydrogen-bond acceptors (Lipinski definition) is 6. The maximum atomic E-state index is 12.8. The lowest BCUT2D eigenvalue weighted by Gasteiger charge is -2.15. The molecule has 0 bridgehead atoms. The Morgan fingerprint density at radius 1 is 0.839 bits per heavy atom. The summed E-state index contributed by atoms with van der Waals surface area (Å²) < 4.78 is 9.50. The van der Waals surface area contributed by atoms with E-state index < -0.39 is 18.0 Å². The summed E-state index contributed by atoms with van der Waals surface area (Å²) in [6, 6.07) is 21.0. The lowest BCUT2D eigenvalue weighted by Crippen LogP contribution is -2.26. The molecule has 0 spiro atoms. The highest BCUT2D eigenvalue weighted by atomic mass is 16.5. The number of Topliss-reactive ketones (excluding diaryl/α,β-unsaturated/α-hetero) is 2. The first-order valence-electron chi connectivity index (χ1n) is 10.0. The molecule has 1 heterocycles. The van der Waals surface area contributed by atoms with Gasteiger partial charge in [-0.1, -0.05) is 60.7 Å². The van der Waals surface area contributed by atoms with Gasteiger partial charge < -0.3 is 14.3 Å². The molecule has 0 saturated carbocycles. The SMILES string of the molecule is CC(O)C(=O)OCCCC(C(=O)c1ccccc1)C(=O)c1ccccc1.c1ccoc1. The van der Waals surface area contributed by atoms with E-state index in [9.17, 15) is 14.4 Å². The number of hydrogen-bond donors (Lipinski definition) is 1. The van der Waals surface area contributed by atoms with Crippen molar-refractivity contribution in [2.45, 2.75) is 25.9 Å². The molecule has 1 unspecified atom stereocenters. The molecular weight excluding hydrogens is 396 g/mol. The number of rotatable bonds is 9. The van der Waals surface area contributed by atoms with Crippen molar-refractivity contribution in [1.82, 2.24) is 0 Å². The Bertz CT molecular complexity index is 848. The van der Waals surface area contributed by atoms with Gasteiger partial charge in [-0.15, -0.1) is 0 Å². The third-order valence-electron chi connectivity index (χ3n) is 4.40. The van der Waals surface area contributed by atoms with E-state index in [0.29, 0.717) is 17.5 Å². The standard InChI is InChI=1S/C21H22O5.C4H4O/c1-15(22)21(25)26-14-8-13-18(19(23)16-9-4-2-5-10-16)20(24)17-11-6-3-7-12-17;1-2-4-5-3-1/h2-7,9-12,15,18,22H,8,13-14H2,1H3;1-4H. The monoisotopic (exact) mass is 422 g/mol. The van der Waals surface area contributed by atoms with Crippen molar-refractivity contribution in [2.24, 2.45) is 5.92 Å². The third-order valence-corrected chi connectivity index (χ3v) is 4.40. The second-order valence-corrected chi connectivity index (χ2v) is 6.79. The minimum atomic E-state index is -1.19. The van der Waals surface area contributed by atoms with E-state index in [1.54, 1.807) is 73.2 Å². The Hall–Kier alpha value is -3.51. The quantitative estimate of drug-likeness (QED) is 0.238. The Balaban J connectivity index is 0.000000597. The molecule has 31 heavy (non-hydrogen) atoms. The number of ether oxygens (including phenoxy) is 1. The van der Waals surface area contributed by atoms with E-state index >= 15 is 0 Å². The minimum Gasteiger partial charge on any atom is -0.473 e. The zero-order valence-electron chi connectivity index (χ0n) is 17.3. The number of aliphatic hydroxyl groups excluding tert-OH is 1. The van der Waals surface area contributed by atoms with Gasteiger partial charge in [-0.3, -0.25) is 9.59 Å². The van der Waals surface area contributed by atoms with Crippen LogP contribution < -0.4 is 0 Å². The number of benzene rings is 2. The van der Waals surface area contributed by atoms with Gasteiger partial charge in [-0.2, -0.15) is 0 Å². The van der Waals surface area contributed by atoms with Gasteiger partial charge in [0.25, 0.3) is 0 Å². The van der Waals surface area contributed by atoms with Crippen LogP contribution in [-0.2, 0) is 9.53 Å². The second kappa shape index (κ2) is 12.9. The van der Waals surface area contributed by atoms with Gasteiger partial charge in [0.2, 0.25) is 0 Å². The van der Waals surface area contributed by atoms with Crippen LogP contribution >= 0.6 is 0 Å². The smallest absolute Gasteiger partial charge is 0.334 e. The Labute approximate surface area is 181 Å². The van der Waals surface area contributed by atoms with Crippen LogP contribution in [0.25, 0.3) is 0 Å². The van der Waals surface area contributed by atoms with Crippen LogP contribution in [-0.4, -0.2) is 35.4 Å². The van der Waals surface area contributed by atoms with Gasteiger partial charge in [0.15, 0.2) is 11.6 Å². The van der Waals surface area contributed by atoms with Gasteiger partial charge in [0.05, 0.1) is 25.1 Å². The van der Waals surface area contributed by atoms with Crippen LogP contribution in [0.5, 0.6) is 0 Å². The molecule has 0 aliphatic heterocycles. The third kappa shape index (κ3) is 8.03. The zero-order valence-corrected chi connectivity index (χ0v) is 17.3. The Morgan fingerprint density at radius 2 is 1.32 bits per heavy atom. The van der Waals surface area contributed by atoms with Crippen LogP contribution in [0.1, 0.15) is 40.5 Å². The van der Waals surface area contributed by atoms with E-state index in [0.717, 1.165) is 0 Å². The summed E-state index contributed by atoms with van der Waals surface area (Å²) in [4.78, 5) is 36.9. The molecule has 6 heteroatoms. The molecule has 0 radical (unpaired) electrons. The number of carbonyl (C=O) groups is 3. The highest BCUT2D eigenvalue weighted by Crippen LogP contribution is 2.20. The van der Waals surface area contributed by atoms with Gasteiger partial charge in [0.1, 0.15) is 6.10 Å². The largest absolute Gasteiger partial charge is 0.473 e. The van der Waals surface area contributed by atoms with Crippen LogP contribution in [0, 0.1) is 5.92 Å². The number of aliphatic hydroxyl groups is 1. The summed E-state index contributed by atoms with van der Waals surface area (Å²) in [5.41, 5.74) is 0.950. The van der Waals surface area contributed by atoms with Gasteiger partial charge in [-0.25, -0.2) is 4.79 Å². The summed E-state index contributed by atoms with van der Waals surface area (Å²) in [6.07, 6.45) is 2.66. The van der Waals surface area contributed by atoms with Crippen LogP contribution in [0.15, 0.2) is 89.7 Å². The first kappa shape index (κ1) is 23.8. The van der Waals surface area contributed by atoms with Crippen molar-refractivity contribution in [1.29, 1.82) is 0 Å². The molecule has 1 aromatic heterocycles. The highest BCUT2D eigenvalue weighted by Gasteiger charge is 2.28. The summed E-state index contributed by atoms with van der Waals surface area (Å²) in [7, 11) is 0. The second-order valence-electron chi connectivity index (χ2n) is 6.79. The van der Waals surface area contributed by atoms with E-state index in [2.05, 4.69) is 4.42 Å². The maximum absolute atomic E-state index is 12.8. The first-order valence-corrected chi connectivity index (χ1v) is 10.0. The lowest BCUT2D eigenvalue weighted by molar-refractivity contribution is -0.152. The predicted octanol–water partition coefficient (Wildman–Crippen LogP) is 4.35. The Kier molecular flexibility index (Phi) is 9.91. The molecule has 0 aliphatic carbocycles. The molecule has 3 aromatic rings. The molecular formula is C25H26O6. The number of esters is 1. The first-order chi connectivity index (χ1) is 15.0. The molecule has 1 N–H and O–H groups in total. The molecule has 0 aliphatic rings. The van der Waals surface area contributed by atoms with Gasteiger partial charge in [0, 0.05) is 11.1 Å². The van der Waals surface area contributed by atoms with Crippen molar-refractivity contribution in [3.05, 3.63) is 96.4 Å². The fourth-order valence-corrected chi connectivity index (χ4v) is 2.80. The fraction of sp³-hybridized carbons (Fsp3) is 0.240. The minimum absolute atomic E-state index is 0.0460. The average Bonchev–Trinajstić information content (AvgIpc) is 3.39. The van der Waals surface area contributed by atoms with Crippen molar-refractivity contribution < 1.29 is 28.6 Å². The normalized spacial score (nSPS) is 11.2. The maximum Gasteiger partial charge on any atom is 0.334 e. The molecule has 1 atom stereocenters. The van der Waals surface area contributed by atoms with E-state index in [1.165, 1.54) is 6.92 Å². The summed E-state index contributed by atoms with van der Waals surface area (Å²) in [6.45, 7) is 1.37. The van der Waals surface area contributed by atoms with Crippen molar-refractivity contribution in [3.63, 3.8) is 0 Å². The van der Waals surface area contributed by atoms with Crippen molar-refractivity contribution in [2.75, 3.05) is 6.61 Å². The summed E-state index contributed by atoms with van der Waals surface area (Å²) >= 11 is 0. The molecule has 3 rings (SSSR count). The Morgan fingerprint density at radius 3 is 1.71 bits per heavy atom. The predicted molar refractivity (Wildman–Crippen MR) is 116 cm³/mol. The highest BCUT2D eigenvalue weighted by molar-refractivity contribution is 6.16. The average molecular weight is 422 g/mol. The van der Waals surface area contributed by atoms with Gasteiger partial charge >= 0.3 is 5.97 Å². The zero-order chi connectivity index (χ0) is 22.5. The van der Waals surface area contributed by atoms with E-state index in [-0.39, 0.29) is 24.6 Å². The topological polar surface area (TPSA) is 93.8 Å². The summed E-state index contributed by atoms with van der Waals surface area (Å²) in [5.74, 6) is -2.06. The van der Waals surface area contributed by atoms with E-state index in [1.807, 2.05) is 12.1 Å². The fourth-order valence-electron chi connectivity index (χ4n) is 2.80. The van der Waals surface area contributed by atoms with Gasteiger partial charge in [-0.05, 0) is 31.9 Å². The number of ketones is 2. The van der Waals surface area contributed by atoms with E-state index in [4.69, 9.17) is 9.84 Å². The lowest BCUT2D eigenvalue weighted by atomic mass is 9.86. The number of furan rings is 1. The molecule has 0 amide bonds. The van der Waals surface area contributed by atoms with Crippen LogP contribution in [0.2, 0.25) is 0 Å². The summed E-state index contributed by atoms with van der Waals surface area (Å²) in [5, 5.41) is 9.12. The molecule has 162 valence electrons. The molecule has 6 nitrogen and oxygen atoms in total. The van der Waals surface area contributed by atoms with Crippen molar-refractivity contribution >= 4 is 17.5 Å².